The lowest BCUT2D eigenvalue weighted by atomic mass is 9.87. The lowest BCUT2D eigenvalue weighted by Crippen LogP contribution is -2.45. The van der Waals surface area contributed by atoms with E-state index < -0.39 is 5.54 Å². The minimum atomic E-state index is -0.632. The monoisotopic (exact) mass is 432 g/mol. The molecule has 0 aromatic heterocycles. The maximum absolute atomic E-state index is 13.3. The average molecular weight is 433 g/mol. The number of likely N-dealkylation sites (tertiary alicyclic amines) is 1. The van der Waals surface area contributed by atoms with E-state index >= 15 is 0 Å². The Bertz CT molecular complexity index is 631. The topological polar surface area (TPSA) is 79.0 Å². The van der Waals surface area contributed by atoms with Crippen LogP contribution in [0, 0.1) is 11.8 Å². The highest BCUT2D eigenvalue weighted by Crippen LogP contribution is 2.34. The molecule has 1 atom stereocenters. The van der Waals surface area contributed by atoms with Gasteiger partial charge >= 0.3 is 0 Å². The molecule has 176 valence electrons. The summed E-state index contributed by atoms with van der Waals surface area (Å²) in [6.07, 6.45) is 14.7. The number of carbonyl (C=O) groups is 2. The third kappa shape index (κ3) is 5.81. The van der Waals surface area contributed by atoms with E-state index in [1.165, 1.54) is 25.7 Å². The van der Waals surface area contributed by atoms with Crippen LogP contribution in [0.15, 0.2) is 4.99 Å². The fourth-order valence-electron chi connectivity index (χ4n) is 5.65. The lowest BCUT2D eigenvalue weighted by Gasteiger charge is -2.26. The van der Waals surface area contributed by atoms with Gasteiger partial charge in [-0.3, -0.25) is 14.5 Å². The summed E-state index contributed by atoms with van der Waals surface area (Å²) in [4.78, 5) is 34.9. The number of guanidine groups is 1. The molecule has 6 heteroatoms. The largest absolute Gasteiger partial charge is 0.369 e. The third-order valence-electron chi connectivity index (χ3n) is 7.70. The van der Waals surface area contributed by atoms with E-state index in [2.05, 4.69) is 18.7 Å². The predicted octanol–water partition coefficient (Wildman–Crippen LogP) is 4.47. The zero-order valence-corrected chi connectivity index (χ0v) is 19.9. The van der Waals surface area contributed by atoms with E-state index in [9.17, 15) is 9.59 Å². The predicted molar refractivity (Wildman–Crippen MR) is 126 cm³/mol. The van der Waals surface area contributed by atoms with E-state index in [1.807, 2.05) is 0 Å². The molecule has 0 aromatic rings. The van der Waals surface area contributed by atoms with Crippen molar-refractivity contribution in [2.45, 2.75) is 109 Å². The minimum absolute atomic E-state index is 0.108. The molecular formula is C25H44N4O2. The van der Waals surface area contributed by atoms with Gasteiger partial charge in [-0.05, 0) is 44.4 Å². The molecule has 0 aromatic carbocycles. The number of hydrogen-bond acceptors (Lipinski definition) is 4. The zero-order valence-electron chi connectivity index (χ0n) is 19.9. The van der Waals surface area contributed by atoms with Crippen LogP contribution < -0.4 is 5.73 Å². The molecule has 3 rings (SSSR count). The quantitative estimate of drug-likeness (QED) is 0.517. The molecular weight excluding hydrogens is 388 g/mol. The van der Waals surface area contributed by atoms with Gasteiger partial charge in [0.05, 0.1) is 0 Å². The standard InChI is InChI=1S/C25H44N4O2/c1-3-5-15-25(16-6-4-2)23(31)29(24(26)27-25)18-14-20-13-17-28(19-20)22(30)21-11-9-7-8-10-12-21/h20-21H,3-19H2,1-2H3,(H2,26,27). The first-order chi connectivity index (χ1) is 15.0. The zero-order chi connectivity index (χ0) is 22.3. The first-order valence-electron chi connectivity index (χ1n) is 13.0. The molecule has 2 heterocycles. The van der Waals surface area contributed by atoms with Crippen LogP contribution in [-0.2, 0) is 9.59 Å². The molecule has 2 aliphatic heterocycles. The Hall–Kier alpha value is -1.59. The number of hydrogen-bond donors (Lipinski definition) is 1. The summed E-state index contributed by atoms with van der Waals surface area (Å²) in [5.74, 6) is 1.58. The molecule has 2 N–H and O–H groups in total. The molecule has 0 radical (unpaired) electrons. The molecule has 2 amide bonds. The fourth-order valence-corrected chi connectivity index (χ4v) is 5.65. The van der Waals surface area contributed by atoms with Crippen molar-refractivity contribution in [1.82, 2.24) is 9.80 Å². The van der Waals surface area contributed by atoms with Crippen LogP contribution in [0.5, 0.6) is 0 Å². The summed E-state index contributed by atoms with van der Waals surface area (Å²) in [5, 5.41) is 0. The molecule has 1 saturated heterocycles. The number of carbonyl (C=O) groups excluding carboxylic acids is 2. The van der Waals surface area contributed by atoms with Gasteiger partial charge in [-0.15, -0.1) is 0 Å². The fraction of sp³-hybridized carbons (Fsp3) is 0.880. The van der Waals surface area contributed by atoms with Gasteiger partial charge < -0.3 is 10.6 Å². The highest BCUT2D eigenvalue weighted by molar-refractivity contribution is 6.06. The number of rotatable bonds is 10. The van der Waals surface area contributed by atoms with Crippen molar-refractivity contribution in [3.63, 3.8) is 0 Å². The molecule has 0 spiro atoms. The summed E-state index contributed by atoms with van der Waals surface area (Å²) in [7, 11) is 0. The maximum atomic E-state index is 13.3. The van der Waals surface area contributed by atoms with E-state index in [4.69, 9.17) is 10.7 Å². The molecule has 0 bridgehead atoms. The van der Waals surface area contributed by atoms with Gasteiger partial charge in [0.25, 0.3) is 5.91 Å². The molecule has 31 heavy (non-hydrogen) atoms. The Balaban J connectivity index is 1.52. The van der Waals surface area contributed by atoms with Crippen molar-refractivity contribution >= 4 is 17.8 Å². The molecule has 1 aliphatic carbocycles. The normalized spacial score (nSPS) is 24.5. The molecule has 6 nitrogen and oxygen atoms in total. The van der Waals surface area contributed by atoms with Gasteiger partial charge in [0.2, 0.25) is 5.91 Å². The number of aliphatic imine (C=N–C) groups is 1. The van der Waals surface area contributed by atoms with Crippen LogP contribution >= 0.6 is 0 Å². The first kappa shape index (κ1) is 24.1. The Morgan fingerprint density at radius 1 is 1.06 bits per heavy atom. The highest BCUT2D eigenvalue weighted by Gasteiger charge is 2.46. The smallest absolute Gasteiger partial charge is 0.257 e. The Morgan fingerprint density at radius 2 is 1.71 bits per heavy atom. The van der Waals surface area contributed by atoms with Crippen LogP contribution in [0.3, 0.4) is 0 Å². The summed E-state index contributed by atoms with van der Waals surface area (Å²) in [6.45, 7) is 6.64. The van der Waals surface area contributed by atoms with Crippen molar-refractivity contribution in [2.24, 2.45) is 22.6 Å². The van der Waals surface area contributed by atoms with Crippen LogP contribution in [-0.4, -0.2) is 52.7 Å². The number of amides is 2. The second-order valence-electron chi connectivity index (χ2n) is 10.1. The first-order valence-corrected chi connectivity index (χ1v) is 13.0. The summed E-state index contributed by atoms with van der Waals surface area (Å²) in [6, 6.07) is 0. The van der Waals surface area contributed by atoms with Gasteiger partial charge in [0, 0.05) is 25.6 Å². The van der Waals surface area contributed by atoms with E-state index in [0.717, 1.165) is 77.3 Å². The Kier molecular flexibility index (Phi) is 8.79. The SMILES string of the molecule is CCCCC1(CCCC)N=C(N)N(CCC2CCN(C(=O)C3CCCCCC3)C2)C1=O. The van der Waals surface area contributed by atoms with Gasteiger partial charge in [0.1, 0.15) is 5.54 Å². The Labute approximate surface area is 189 Å². The second-order valence-corrected chi connectivity index (χ2v) is 10.1. The molecule has 2 fully saturated rings. The average Bonchev–Trinajstić information content (AvgIpc) is 3.19. The molecule has 1 saturated carbocycles. The summed E-state index contributed by atoms with van der Waals surface area (Å²) < 4.78 is 0. The number of nitrogens with two attached hydrogens (primary N) is 1. The van der Waals surface area contributed by atoms with Crippen LogP contribution in [0.2, 0.25) is 0 Å². The second kappa shape index (κ2) is 11.3. The van der Waals surface area contributed by atoms with Crippen molar-refractivity contribution in [2.75, 3.05) is 19.6 Å². The number of unbranched alkanes of at least 4 members (excludes halogenated alkanes) is 2. The molecule has 1 unspecified atom stereocenters. The van der Waals surface area contributed by atoms with Crippen LogP contribution in [0.1, 0.15) is 104 Å². The van der Waals surface area contributed by atoms with E-state index in [0.29, 0.717) is 24.3 Å². The number of nitrogens with zero attached hydrogens (tertiary/aromatic N) is 3. The van der Waals surface area contributed by atoms with Crippen molar-refractivity contribution in [3.8, 4) is 0 Å². The summed E-state index contributed by atoms with van der Waals surface area (Å²) >= 11 is 0. The molecule has 3 aliphatic rings. The van der Waals surface area contributed by atoms with Crippen LogP contribution in [0.25, 0.3) is 0 Å². The van der Waals surface area contributed by atoms with Gasteiger partial charge in [-0.25, -0.2) is 4.99 Å². The lowest BCUT2D eigenvalue weighted by molar-refractivity contribution is -0.135. The van der Waals surface area contributed by atoms with E-state index in [-0.39, 0.29) is 11.8 Å². The Morgan fingerprint density at radius 3 is 2.32 bits per heavy atom. The summed E-state index contributed by atoms with van der Waals surface area (Å²) in [5.41, 5.74) is 5.62. The van der Waals surface area contributed by atoms with Gasteiger partial charge in [-0.1, -0.05) is 65.2 Å². The van der Waals surface area contributed by atoms with Crippen molar-refractivity contribution in [1.29, 1.82) is 0 Å². The van der Waals surface area contributed by atoms with Crippen molar-refractivity contribution < 1.29 is 9.59 Å². The minimum Gasteiger partial charge on any atom is -0.369 e. The third-order valence-corrected chi connectivity index (χ3v) is 7.70. The van der Waals surface area contributed by atoms with Crippen molar-refractivity contribution in [3.05, 3.63) is 0 Å². The van der Waals surface area contributed by atoms with Crippen LogP contribution in [0.4, 0.5) is 0 Å². The maximum Gasteiger partial charge on any atom is 0.257 e. The van der Waals surface area contributed by atoms with Gasteiger partial charge in [0.15, 0.2) is 5.96 Å². The highest BCUT2D eigenvalue weighted by atomic mass is 16.2. The van der Waals surface area contributed by atoms with Gasteiger partial charge in [-0.2, -0.15) is 0 Å². The van der Waals surface area contributed by atoms with E-state index in [1.54, 1.807) is 4.90 Å².